The third-order valence-corrected chi connectivity index (χ3v) is 13.0. The molecule has 3 aliphatic heterocycles. The van der Waals surface area contributed by atoms with Crippen LogP contribution < -0.4 is 0 Å². The summed E-state index contributed by atoms with van der Waals surface area (Å²) in [6.45, 7) is 11.9. The number of aliphatic hydroxyl groups excluding tert-OH is 3. The van der Waals surface area contributed by atoms with Crippen molar-refractivity contribution < 1.29 is 58.1 Å². The van der Waals surface area contributed by atoms with Crippen LogP contribution in [0.15, 0.2) is 92.2 Å². The molecule has 67 heavy (non-hydrogen) atoms. The first kappa shape index (κ1) is 54.2. The Bertz CT molecular complexity index is 2050. The van der Waals surface area contributed by atoms with Crippen molar-refractivity contribution in [3.05, 3.63) is 107 Å². The smallest absolute Gasteiger partial charge is 0.330 e. The minimum atomic E-state index is -2.05. The van der Waals surface area contributed by atoms with E-state index in [2.05, 4.69) is 32.5 Å². The quantitative estimate of drug-likeness (QED) is 0.0330. The van der Waals surface area contributed by atoms with Gasteiger partial charge in [0.05, 0.1) is 49.1 Å². The van der Waals surface area contributed by atoms with E-state index in [1.807, 2.05) is 52.0 Å². The highest BCUT2D eigenvalue weighted by Crippen LogP contribution is 2.36. The van der Waals surface area contributed by atoms with E-state index in [1.54, 1.807) is 42.7 Å². The summed E-state index contributed by atoms with van der Waals surface area (Å²) in [6.07, 6.45) is 21.5. The average molecular weight is 998 g/mol. The maximum atomic E-state index is 13.4. The second kappa shape index (κ2) is 26.8. The first-order valence-electron chi connectivity index (χ1n) is 23.7. The van der Waals surface area contributed by atoms with Gasteiger partial charge in [-0.1, -0.05) is 96.0 Å². The minimum Gasteiger partial charge on any atom is -0.459 e. The number of oxazole rings is 2. The number of esters is 1. The van der Waals surface area contributed by atoms with Crippen LogP contribution in [0.4, 0.5) is 0 Å². The van der Waals surface area contributed by atoms with Gasteiger partial charge in [-0.25, -0.2) is 14.8 Å². The number of ether oxygens (including phenoxy) is 4. The van der Waals surface area contributed by atoms with Crippen molar-refractivity contribution in [3.63, 3.8) is 0 Å². The molecule has 6 bridgehead atoms. The zero-order valence-electron chi connectivity index (χ0n) is 39.8. The molecule has 0 amide bonds. The predicted molar refractivity (Wildman–Crippen MR) is 259 cm³/mol. The Hall–Kier alpha value is -3.77. The number of hydrogen-bond donors (Lipinski definition) is 5. The van der Waals surface area contributed by atoms with Crippen LogP contribution in [0.1, 0.15) is 140 Å². The van der Waals surface area contributed by atoms with Crippen LogP contribution in [0.5, 0.6) is 0 Å². The zero-order chi connectivity index (χ0) is 48.5. The highest BCUT2D eigenvalue weighted by molar-refractivity contribution is 9.11. The SMILES string of the molecule is C=C1CC2CC3C[C@@H](O)C[C@@H](O3)c3coc(n3)/C=C/C[C@@H](O)[C@H](C)[C@@H](C(C)C/C(C)=C/c3coc(CC(O)(O)CCCCC(O)/C=C(C)/C=C/[C@@H](C/C=C/Br)OC)n3)OC(=O)/C=C\C[C@@H](C1)O2. The predicted octanol–water partition coefficient (Wildman–Crippen LogP) is 9.10. The largest absolute Gasteiger partial charge is 0.459 e. The van der Waals surface area contributed by atoms with E-state index in [-0.39, 0.29) is 55.5 Å². The van der Waals surface area contributed by atoms with Gasteiger partial charge in [-0.05, 0) is 94.7 Å². The summed E-state index contributed by atoms with van der Waals surface area (Å²) in [7, 11) is 1.65. The van der Waals surface area contributed by atoms with E-state index in [1.165, 1.54) is 12.3 Å². The number of carbonyl (C=O) groups excluding carboxylic acids is 1. The van der Waals surface area contributed by atoms with E-state index in [0.717, 1.165) is 23.1 Å². The molecule has 5 rings (SSSR count). The van der Waals surface area contributed by atoms with E-state index in [0.29, 0.717) is 81.5 Å². The number of halogens is 1. The molecule has 2 aromatic heterocycles. The van der Waals surface area contributed by atoms with E-state index in [4.69, 9.17) is 27.8 Å². The molecule has 0 saturated carbocycles. The number of cyclic esters (lactones) is 1. The number of allylic oxidation sites excluding steroid dienone is 3. The second-order valence-corrected chi connectivity index (χ2v) is 19.3. The Labute approximate surface area is 404 Å². The molecule has 2 saturated heterocycles. The molecule has 0 radical (unpaired) electrons. The normalized spacial score (nSPS) is 28.8. The molecule has 11 atom stereocenters. The molecule has 14 nitrogen and oxygen atoms in total. The van der Waals surface area contributed by atoms with E-state index in [9.17, 15) is 30.3 Å². The number of carbonyl (C=O) groups is 1. The van der Waals surface area contributed by atoms with Gasteiger partial charge in [-0.3, -0.25) is 0 Å². The number of rotatable bonds is 17. The summed E-state index contributed by atoms with van der Waals surface area (Å²) in [5, 5.41) is 54.3. The first-order valence-corrected chi connectivity index (χ1v) is 24.6. The number of aliphatic hydroxyl groups is 5. The van der Waals surface area contributed by atoms with Crippen LogP contribution in [-0.2, 0) is 30.2 Å². The molecule has 2 fully saturated rings. The van der Waals surface area contributed by atoms with Crippen LogP contribution in [0.3, 0.4) is 0 Å². The number of nitrogens with zero attached hydrogens (tertiary/aromatic N) is 2. The fourth-order valence-electron chi connectivity index (χ4n) is 9.14. The lowest BCUT2D eigenvalue weighted by atomic mass is 9.84. The number of unbranched alkanes of at least 4 members (excludes halogenated alkanes) is 1. The summed E-state index contributed by atoms with van der Waals surface area (Å²) in [5.41, 5.74) is 3.99. The summed E-state index contributed by atoms with van der Waals surface area (Å²) in [6, 6.07) is 0. The van der Waals surface area contributed by atoms with Crippen LogP contribution in [0.25, 0.3) is 12.2 Å². The number of hydrogen-bond acceptors (Lipinski definition) is 14. The average Bonchev–Trinajstić information content (AvgIpc) is 3.92. The topological polar surface area (TPSA) is 207 Å². The lowest BCUT2D eigenvalue weighted by molar-refractivity contribution is -0.168. The number of aromatic nitrogens is 2. The maximum absolute atomic E-state index is 13.4. The lowest BCUT2D eigenvalue weighted by Crippen LogP contribution is -2.37. The first-order chi connectivity index (χ1) is 32.0. The van der Waals surface area contributed by atoms with Gasteiger partial charge in [0.1, 0.15) is 36.1 Å². The van der Waals surface area contributed by atoms with Crippen LogP contribution in [0, 0.1) is 11.8 Å². The molecule has 0 aliphatic carbocycles. The van der Waals surface area contributed by atoms with Crippen molar-refractivity contribution in [1.82, 2.24) is 9.97 Å². The maximum Gasteiger partial charge on any atom is 0.330 e. The molecule has 15 heteroatoms. The molecule has 5 heterocycles. The van der Waals surface area contributed by atoms with Crippen molar-refractivity contribution in [1.29, 1.82) is 0 Å². The third kappa shape index (κ3) is 18.6. The minimum absolute atomic E-state index is 0.0677. The van der Waals surface area contributed by atoms with E-state index >= 15 is 0 Å². The molecule has 370 valence electrons. The summed E-state index contributed by atoms with van der Waals surface area (Å²) >= 11 is 3.26. The summed E-state index contributed by atoms with van der Waals surface area (Å²) in [4.78, 5) is 24.3. The Morgan fingerprint density at radius 2 is 1.79 bits per heavy atom. The van der Waals surface area contributed by atoms with Crippen LogP contribution >= 0.6 is 15.9 Å². The molecule has 3 aliphatic rings. The van der Waals surface area contributed by atoms with Crippen molar-refractivity contribution in [2.24, 2.45) is 11.8 Å². The molecule has 5 N–H and O–H groups in total. The van der Waals surface area contributed by atoms with Gasteiger partial charge in [-0.2, -0.15) is 0 Å². The molecular formula is C52H73BrN2O12. The third-order valence-electron chi connectivity index (χ3n) is 12.6. The standard InChI is InChI=1S/C52H73BrN2O12/c1-33(18-19-41(62-6)14-11-21-53)24-39(56)12-7-8-20-52(60,61)30-49-54-38(31-63-49)23-34(2)22-36(4)51-37(5)46(58)15-10-16-48-55-45(32-64-48)47-28-40(57)27-44(66-47)29-43-26-35(3)25-42(65-43)13-9-17-50(59)67-51/h9-11,16-19,21,23-24,31-32,36-37,39-44,46-47,51,56-58,60-61H,3,7-8,12-15,20,22,25-30H2,1-2,4-6H3/b16-10+,17-9-,19-18+,21-11+,33-24+,34-23+/t36?,37-,39?,40+,41+,42-,43?,44?,46+,47+,51+/m0/s1. The molecule has 4 unspecified atom stereocenters. The summed E-state index contributed by atoms with van der Waals surface area (Å²) in [5.74, 6) is -2.73. The monoisotopic (exact) mass is 996 g/mol. The Morgan fingerprint density at radius 3 is 2.57 bits per heavy atom. The van der Waals surface area contributed by atoms with Gasteiger partial charge in [0, 0.05) is 38.4 Å². The number of fused-ring (bicyclic) bond motifs is 7. The Morgan fingerprint density at radius 1 is 1.01 bits per heavy atom. The highest BCUT2D eigenvalue weighted by atomic mass is 79.9. The van der Waals surface area contributed by atoms with Gasteiger partial charge < -0.3 is 53.3 Å². The lowest BCUT2D eigenvalue weighted by Gasteiger charge is -2.37. The van der Waals surface area contributed by atoms with Crippen molar-refractivity contribution in [3.8, 4) is 0 Å². The van der Waals surface area contributed by atoms with Gasteiger partial charge in [0.2, 0.25) is 5.89 Å². The number of methoxy groups -OCH3 is 1. The van der Waals surface area contributed by atoms with Gasteiger partial charge in [-0.15, -0.1) is 0 Å². The zero-order valence-corrected chi connectivity index (χ0v) is 41.3. The fraction of sp³-hybridized carbons (Fsp3) is 0.596. The van der Waals surface area contributed by atoms with Crippen molar-refractivity contribution >= 4 is 34.1 Å². The Balaban J connectivity index is 1.18. The second-order valence-electron chi connectivity index (χ2n) is 18.8. The fourth-order valence-corrected chi connectivity index (χ4v) is 9.35. The van der Waals surface area contributed by atoms with Crippen molar-refractivity contribution in [2.75, 3.05) is 7.11 Å². The van der Waals surface area contributed by atoms with Gasteiger partial charge >= 0.3 is 5.97 Å². The molecule has 0 aromatic carbocycles. The van der Waals surface area contributed by atoms with Gasteiger partial charge in [0.15, 0.2) is 11.7 Å². The molecule has 0 spiro atoms. The molecule has 2 aromatic rings. The summed E-state index contributed by atoms with van der Waals surface area (Å²) < 4.78 is 35.8. The van der Waals surface area contributed by atoms with Crippen LogP contribution in [-0.4, -0.2) is 103 Å². The Kier molecular flexibility index (Phi) is 21.7. The van der Waals surface area contributed by atoms with Crippen molar-refractivity contribution in [2.45, 2.75) is 178 Å². The van der Waals surface area contributed by atoms with Crippen LogP contribution in [0.2, 0.25) is 0 Å². The van der Waals surface area contributed by atoms with Gasteiger partial charge in [0.25, 0.3) is 0 Å². The van der Waals surface area contributed by atoms with E-state index < -0.39 is 48.2 Å². The molecular weight excluding hydrogens is 924 g/mol. The highest BCUT2D eigenvalue weighted by Gasteiger charge is 2.36.